The first-order valence-corrected chi connectivity index (χ1v) is 7.91. The summed E-state index contributed by atoms with van der Waals surface area (Å²) in [4.78, 5) is 14.5. The number of nitrogens with zero attached hydrogens (tertiary/aromatic N) is 1. The molecule has 5 heteroatoms. The summed E-state index contributed by atoms with van der Waals surface area (Å²) in [6.45, 7) is 0.519. The Bertz CT molecular complexity index is 489. The van der Waals surface area contributed by atoms with Crippen LogP contribution in [0, 0.1) is 5.82 Å². The minimum atomic E-state index is -0.462. The van der Waals surface area contributed by atoms with Crippen LogP contribution in [0.5, 0.6) is 5.75 Å². The van der Waals surface area contributed by atoms with Gasteiger partial charge in [-0.05, 0) is 31.0 Å². The van der Waals surface area contributed by atoms with Crippen molar-refractivity contribution in [2.45, 2.75) is 38.1 Å². The van der Waals surface area contributed by atoms with Crippen LogP contribution in [0.1, 0.15) is 42.5 Å². The van der Waals surface area contributed by atoms with Gasteiger partial charge in [-0.25, -0.2) is 4.39 Å². The van der Waals surface area contributed by atoms with Crippen molar-refractivity contribution in [1.29, 1.82) is 0 Å². The van der Waals surface area contributed by atoms with Crippen molar-refractivity contribution < 1.29 is 13.9 Å². The van der Waals surface area contributed by atoms with Gasteiger partial charge in [0.15, 0.2) is 11.6 Å². The first-order chi connectivity index (χ1) is 10.2. The number of carbonyl (C=O) groups is 1. The highest BCUT2D eigenvalue weighted by molar-refractivity contribution is 6.18. The molecule has 116 valence electrons. The zero-order chi connectivity index (χ0) is 15.2. The van der Waals surface area contributed by atoms with Crippen molar-refractivity contribution in [3.05, 3.63) is 29.6 Å². The molecule has 0 heterocycles. The second-order valence-electron chi connectivity index (χ2n) is 5.33. The zero-order valence-corrected chi connectivity index (χ0v) is 13.0. The molecule has 0 saturated heterocycles. The van der Waals surface area contributed by atoms with Gasteiger partial charge in [0.2, 0.25) is 0 Å². The van der Waals surface area contributed by atoms with Crippen LogP contribution in [0.3, 0.4) is 0 Å². The fourth-order valence-corrected chi connectivity index (χ4v) is 3.07. The number of halogens is 2. The van der Waals surface area contributed by atoms with E-state index in [1.165, 1.54) is 31.7 Å². The van der Waals surface area contributed by atoms with Crippen molar-refractivity contribution in [1.82, 2.24) is 4.90 Å². The number of alkyl halides is 1. The van der Waals surface area contributed by atoms with Gasteiger partial charge < -0.3 is 9.64 Å². The normalized spacial score (nSPS) is 15.8. The zero-order valence-electron chi connectivity index (χ0n) is 12.3. The SMILES string of the molecule is COc1cc(C(=O)N(CCCl)C2CCCCC2)ccc1F. The second kappa shape index (κ2) is 7.64. The predicted molar refractivity (Wildman–Crippen MR) is 81.6 cm³/mol. The summed E-state index contributed by atoms with van der Waals surface area (Å²) in [5, 5.41) is 0. The fourth-order valence-electron chi connectivity index (χ4n) is 2.89. The van der Waals surface area contributed by atoms with E-state index >= 15 is 0 Å². The lowest BCUT2D eigenvalue weighted by Crippen LogP contribution is -2.42. The lowest BCUT2D eigenvalue weighted by atomic mass is 9.93. The summed E-state index contributed by atoms with van der Waals surface area (Å²) >= 11 is 5.85. The quantitative estimate of drug-likeness (QED) is 0.773. The van der Waals surface area contributed by atoms with E-state index in [0.29, 0.717) is 18.0 Å². The van der Waals surface area contributed by atoms with E-state index in [1.807, 2.05) is 4.90 Å². The number of amides is 1. The molecule has 2 rings (SSSR count). The molecule has 1 saturated carbocycles. The lowest BCUT2D eigenvalue weighted by Gasteiger charge is -2.34. The van der Waals surface area contributed by atoms with Crippen LogP contribution in [0.2, 0.25) is 0 Å². The molecule has 0 N–H and O–H groups in total. The Hall–Kier alpha value is -1.29. The number of hydrogen-bond acceptors (Lipinski definition) is 2. The molecule has 0 aromatic heterocycles. The minimum Gasteiger partial charge on any atom is -0.494 e. The van der Waals surface area contributed by atoms with Gasteiger partial charge in [0, 0.05) is 24.0 Å². The molecule has 1 aromatic carbocycles. The van der Waals surface area contributed by atoms with Crippen molar-refractivity contribution in [2.24, 2.45) is 0 Å². The maximum absolute atomic E-state index is 13.5. The Morgan fingerprint density at radius 3 is 2.71 bits per heavy atom. The van der Waals surface area contributed by atoms with Crippen molar-refractivity contribution in [2.75, 3.05) is 19.5 Å². The van der Waals surface area contributed by atoms with Crippen LogP contribution in [-0.4, -0.2) is 36.4 Å². The summed E-state index contributed by atoms with van der Waals surface area (Å²) in [7, 11) is 1.39. The van der Waals surface area contributed by atoms with E-state index in [9.17, 15) is 9.18 Å². The smallest absolute Gasteiger partial charge is 0.254 e. The summed E-state index contributed by atoms with van der Waals surface area (Å²) in [6, 6.07) is 4.47. The third kappa shape index (κ3) is 3.88. The van der Waals surface area contributed by atoms with Crippen molar-refractivity contribution >= 4 is 17.5 Å². The molecule has 1 aliphatic rings. The van der Waals surface area contributed by atoms with Crippen LogP contribution in [-0.2, 0) is 0 Å². The standard InChI is InChI=1S/C16H21ClFNO2/c1-21-15-11-12(7-8-14(15)18)16(20)19(10-9-17)13-5-3-2-4-6-13/h7-8,11,13H,2-6,9-10H2,1H3. The van der Waals surface area contributed by atoms with Crippen LogP contribution < -0.4 is 4.74 Å². The molecule has 0 spiro atoms. The number of carbonyl (C=O) groups excluding carboxylic acids is 1. The summed E-state index contributed by atoms with van der Waals surface area (Å²) in [5.74, 6) is -0.0626. The van der Waals surface area contributed by atoms with Gasteiger partial charge in [0.1, 0.15) is 0 Å². The first kappa shape index (κ1) is 16.1. The van der Waals surface area contributed by atoms with Crippen LogP contribution in [0.4, 0.5) is 4.39 Å². The Labute approximate surface area is 130 Å². The molecular formula is C16H21ClFNO2. The Kier molecular flexibility index (Phi) is 5.85. The minimum absolute atomic E-state index is 0.0929. The number of methoxy groups -OCH3 is 1. The molecule has 1 aliphatic carbocycles. The summed E-state index contributed by atoms with van der Waals surface area (Å²) < 4.78 is 18.4. The average molecular weight is 314 g/mol. The monoisotopic (exact) mass is 313 g/mol. The number of rotatable bonds is 5. The second-order valence-corrected chi connectivity index (χ2v) is 5.71. The molecule has 0 radical (unpaired) electrons. The van der Waals surface area contributed by atoms with Gasteiger partial charge >= 0.3 is 0 Å². The molecular weight excluding hydrogens is 293 g/mol. The molecule has 0 atom stereocenters. The van der Waals surface area contributed by atoms with Gasteiger partial charge in [0.25, 0.3) is 5.91 Å². The molecule has 1 aromatic rings. The van der Waals surface area contributed by atoms with E-state index in [0.717, 1.165) is 25.7 Å². The number of ether oxygens (including phenoxy) is 1. The highest BCUT2D eigenvalue weighted by Gasteiger charge is 2.26. The Morgan fingerprint density at radius 1 is 1.38 bits per heavy atom. The van der Waals surface area contributed by atoms with Crippen LogP contribution in [0.15, 0.2) is 18.2 Å². The molecule has 0 aliphatic heterocycles. The van der Waals surface area contributed by atoms with Gasteiger partial charge in [-0.15, -0.1) is 11.6 Å². The average Bonchev–Trinajstić information content (AvgIpc) is 2.53. The predicted octanol–water partition coefficient (Wildman–Crippen LogP) is 3.85. The van der Waals surface area contributed by atoms with E-state index in [1.54, 1.807) is 0 Å². The largest absolute Gasteiger partial charge is 0.494 e. The van der Waals surface area contributed by atoms with Gasteiger partial charge in [-0.2, -0.15) is 0 Å². The van der Waals surface area contributed by atoms with E-state index in [-0.39, 0.29) is 17.7 Å². The molecule has 0 bridgehead atoms. The first-order valence-electron chi connectivity index (χ1n) is 7.38. The van der Waals surface area contributed by atoms with Crippen LogP contribution >= 0.6 is 11.6 Å². The van der Waals surface area contributed by atoms with E-state index in [2.05, 4.69) is 0 Å². The third-order valence-electron chi connectivity index (χ3n) is 4.00. The molecule has 21 heavy (non-hydrogen) atoms. The maximum Gasteiger partial charge on any atom is 0.254 e. The molecule has 1 amide bonds. The topological polar surface area (TPSA) is 29.5 Å². The summed E-state index contributed by atoms with van der Waals surface area (Å²) in [6.07, 6.45) is 5.54. The maximum atomic E-state index is 13.5. The third-order valence-corrected chi connectivity index (χ3v) is 4.17. The summed E-state index contributed by atoms with van der Waals surface area (Å²) in [5.41, 5.74) is 0.448. The molecule has 1 fully saturated rings. The van der Waals surface area contributed by atoms with Gasteiger partial charge in [-0.3, -0.25) is 4.79 Å². The number of hydrogen-bond donors (Lipinski definition) is 0. The molecule has 3 nitrogen and oxygen atoms in total. The van der Waals surface area contributed by atoms with Crippen LogP contribution in [0.25, 0.3) is 0 Å². The Morgan fingerprint density at radius 2 is 2.10 bits per heavy atom. The van der Waals surface area contributed by atoms with E-state index in [4.69, 9.17) is 16.3 Å². The van der Waals surface area contributed by atoms with E-state index < -0.39 is 5.82 Å². The highest BCUT2D eigenvalue weighted by atomic mass is 35.5. The molecule has 0 unspecified atom stereocenters. The van der Waals surface area contributed by atoms with Crippen molar-refractivity contribution in [3.63, 3.8) is 0 Å². The van der Waals surface area contributed by atoms with Gasteiger partial charge in [-0.1, -0.05) is 19.3 Å². The van der Waals surface area contributed by atoms with Crippen molar-refractivity contribution in [3.8, 4) is 5.75 Å². The highest BCUT2D eigenvalue weighted by Crippen LogP contribution is 2.25. The lowest BCUT2D eigenvalue weighted by molar-refractivity contribution is 0.0649. The number of benzene rings is 1. The fraction of sp³-hybridized carbons (Fsp3) is 0.562. The Balaban J connectivity index is 2.20. The van der Waals surface area contributed by atoms with Gasteiger partial charge in [0.05, 0.1) is 7.11 Å².